The fraction of sp³-hybridized carbons (Fsp3) is 0.364. The molecule has 1 aromatic carbocycles. The highest BCUT2D eigenvalue weighted by Crippen LogP contribution is 2.09. The highest BCUT2D eigenvalue weighted by Gasteiger charge is 2.06. The highest BCUT2D eigenvalue weighted by molar-refractivity contribution is 5.89. The third-order valence-electron chi connectivity index (χ3n) is 2.08. The summed E-state index contributed by atoms with van der Waals surface area (Å²) in [7, 11) is 1.72. The van der Waals surface area contributed by atoms with Crippen LogP contribution in [-0.2, 0) is 0 Å². The molecule has 0 atom stereocenters. The Morgan fingerprint density at radius 3 is 2.87 bits per heavy atom. The molecule has 0 aliphatic carbocycles. The molecular formula is C11H17N3O. The van der Waals surface area contributed by atoms with Crippen LogP contribution >= 0.6 is 0 Å². The Kier molecular flexibility index (Phi) is 4.12. The summed E-state index contributed by atoms with van der Waals surface area (Å²) in [6.07, 6.45) is 0. The number of hydrogen-bond donors (Lipinski definition) is 2. The smallest absolute Gasteiger partial charge is 0.321 e. The Balaban J connectivity index is 2.58. The van der Waals surface area contributed by atoms with Gasteiger partial charge < -0.3 is 16.0 Å². The zero-order valence-electron chi connectivity index (χ0n) is 9.16. The van der Waals surface area contributed by atoms with Gasteiger partial charge in [-0.25, -0.2) is 4.79 Å². The average Bonchev–Trinajstić information content (AvgIpc) is 2.18. The summed E-state index contributed by atoms with van der Waals surface area (Å²) in [6.45, 7) is 3.01. The first-order valence-corrected chi connectivity index (χ1v) is 4.92. The molecular weight excluding hydrogens is 190 g/mol. The number of nitrogens with one attached hydrogen (secondary N) is 1. The fourth-order valence-electron chi connectivity index (χ4n) is 1.24. The van der Waals surface area contributed by atoms with Crippen molar-refractivity contribution in [3.05, 3.63) is 29.8 Å². The summed E-state index contributed by atoms with van der Waals surface area (Å²) in [4.78, 5) is 13.1. The number of nitrogens with two attached hydrogens (primary N) is 1. The second-order valence-corrected chi connectivity index (χ2v) is 3.51. The lowest BCUT2D eigenvalue weighted by Gasteiger charge is -2.16. The summed E-state index contributed by atoms with van der Waals surface area (Å²) in [6, 6.07) is 7.55. The van der Waals surface area contributed by atoms with Gasteiger partial charge in [0.05, 0.1) is 0 Å². The third kappa shape index (κ3) is 3.59. The van der Waals surface area contributed by atoms with Crippen LogP contribution in [0.3, 0.4) is 0 Å². The van der Waals surface area contributed by atoms with E-state index in [-0.39, 0.29) is 6.03 Å². The molecule has 0 aromatic heterocycles. The van der Waals surface area contributed by atoms with E-state index >= 15 is 0 Å². The van der Waals surface area contributed by atoms with Crippen molar-refractivity contribution < 1.29 is 4.79 Å². The minimum absolute atomic E-state index is 0.133. The zero-order chi connectivity index (χ0) is 11.3. The summed E-state index contributed by atoms with van der Waals surface area (Å²) in [5, 5.41) is 2.80. The van der Waals surface area contributed by atoms with Crippen LogP contribution < -0.4 is 11.1 Å². The van der Waals surface area contributed by atoms with Gasteiger partial charge in [-0.15, -0.1) is 0 Å². The monoisotopic (exact) mass is 207 g/mol. The molecule has 3 N–H and O–H groups in total. The first kappa shape index (κ1) is 11.5. The molecule has 0 aliphatic rings. The molecule has 0 fully saturated rings. The first-order chi connectivity index (χ1) is 7.13. The van der Waals surface area contributed by atoms with Gasteiger partial charge in [0.15, 0.2) is 0 Å². The molecule has 0 spiro atoms. The topological polar surface area (TPSA) is 58.4 Å². The van der Waals surface area contributed by atoms with Gasteiger partial charge in [0.1, 0.15) is 0 Å². The highest BCUT2D eigenvalue weighted by atomic mass is 16.2. The molecule has 4 nitrogen and oxygen atoms in total. The van der Waals surface area contributed by atoms with E-state index in [9.17, 15) is 4.79 Å². The van der Waals surface area contributed by atoms with Crippen molar-refractivity contribution in [2.45, 2.75) is 6.92 Å². The van der Waals surface area contributed by atoms with Crippen LogP contribution in [0.2, 0.25) is 0 Å². The van der Waals surface area contributed by atoms with E-state index < -0.39 is 0 Å². The maximum atomic E-state index is 11.6. The number of benzene rings is 1. The van der Waals surface area contributed by atoms with E-state index in [2.05, 4.69) is 5.32 Å². The number of urea groups is 1. The molecule has 0 saturated carbocycles. The number of aryl methyl sites for hydroxylation is 1. The van der Waals surface area contributed by atoms with E-state index in [1.807, 2.05) is 31.2 Å². The molecule has 0 bridgehead atoms. The summed E-state index contributed by atoms with van der Waals surface area (Å²) < 4.78 is 0. The molecule has 15 heavy (non-hydrogen) atoms. The SMILES string of the molecule is Cc1cccc(NC(=O)N(C)CCN)c1. The molecule has 0 saturated heterocycles. The number of rotatable bonds is 3. The number of nitrogens with zero attached hydrogens (tertiary/aromatic N) is 1. The first-order valence-electron chi connectivity index (χ1n) is 4.92. The zero-order valence-corrected chi connectivity index (χ0v) is 9.16. The summed E-state index contributed by atoms with van der Waals surface area (Å²) >= 11 is 0. The van der Waals surface area contributed by atoms with Gasteiger partial charge in [0.2, 0.25) is 0 Å². The second kappa shape index (κ2) is 5.36. The second-order valence-electron chi connectivity index (χ2n) is 3.51. The molecule has 82 valence electrons. The molecule has 4 heteroatoms. The van der Waals surface area contributed by atoms with Crippen LogP contribution in [0, 0.1) is 6.92 Å². The lowest BCUT2D eigenvalue weighted by atomic mass is 10.2. The van der Waals surface area contributed by atoms with Gasteiger partial charge in [-0.3, -0.25) is 0 Å². The van der Waals surface area contributed by atoms with Crippen molar-refractivity contribution in [1.29, 1.82) is 0 Å². The van der Waals surface area contributed by atoms with Crippen molar-refractivity contribution in [3.63, 3.8) is 0 Å². The van der Waals surface area contributed by atoms with Crippen LogP contribution in [0.5, 0.6) is 0 Å². The lowest BCUT2D eigenvalue weighted by molar-refractivity contribution is 0.223. The van der Waals surface area contributed by atoms with Crippen LogP contribution in [0.15, 0.2) is 24.3 Å². The van der Waals surface area contributed by atoms with E-state index in [0.717, 1.165) is 11.3 Å². The van der Waals surface area contributed by atoms with Gasteiger partial charge in [-0.05, 0) is 24.6 Å². The lowest BCUT2D eigenvalue weighted by Crippen LogP contribution is -2.35. The van der Waals surface area contributed by atoms with E-state index in [0.29, 0.717) is 13.1 Å². The molecule has 0 radical (unpaired) electrons. The number of amides is 2. The summed E-state index contributed by atoms with van der Waals surface area (Å²) in [5.74, 6) is 0. The van der Waals surface area contributed by atoms with Crippen LogP contribution in [0.1, 0.15) is 5.56 Å². The Hall–Kier alpha value is -1.55. The summed E-state index contributed by atoms with van der Waals surface area (Å²) in [5.41, 5.74) is 7.29. The number of carbonyl (C=O) groups is 1. The normalized spacial score (nSPS) is 9.80. The van der Waals surface area contributed by atoms with Crippen molar-refractivity contribution in [3.8, 4) is 0 Å². The Bertz CT molecular complexity index is 338. The quantitative estimate of drug-likeness (QED) is 0.787. The maximum Gasteiger partial charge on any atom is 0.321 e. The Morgan fingerprint density at radius 1 is 1.53 bits per heavy atom. The third-order valence-corrected chi connectivity index (χ3v) is 2.08. The van der Waals surface area contributed by atoms with Gasteiger partial charge in [0, 0.05) is 25.8 Å². The van der Waals surface area contributed by atoms with Gasteiger partial charge >= 0.3 is 6.03 Å². The number of anilines is 1. The predicted octanol–water partition coefficient (Wildman–Crippen LogP) is 1.42. The standard InChI is InChI=1S/C11H17N3O/c1-9-4-3-5-10(8-9)13-11(15)14(2)7-6-12/h3-5,8H,6-7,12H2,1-2H3,(H,13,15). The molecule has 0 aliphatic heterocycles. The number of carbonyl (C=O) groups excluding carboxylic acids is 1. The van der Waals surface area contributed by atoms with Crippen LogP contribution in [0.4, 0.5) is 10.5 Å². The Labute approximate surface area is 90.1 Å². The minimum Gasteiger partial charge on any atom is -0.329 e. The molecule has 1 aromatic rings. The fourth-order valence-corrected chi connectivity index (χ4v) is 1.24. The maximum absolute atomic E-state index is 11.6. The predicted molar refractivity (Wildman–Crippen MR) is 61.9 cm³/mol. The van der Waals surface area contributed by atoms with Crippen molar-refractivity contribution >= 4 is 11.7 Å². The largest absolute Gasteiger partial charge is 0.329 e. The van der Waals surface area contributed by atoms with Gasteiger partial charge in [0.25, 0.3) is 0 Å². The number of hydrogen-bond acceptors (Lipinski definition) is 2. The molecule has 0 heterocycles. The van der Waals surface area contributed by atoms with Crippen molar-refractivity contribution in [2.75, 3.05) is 25.5 Å². The Morgan fingerprint density at radius 2 is 2.27 bits per heavy atom. The van der Waals surface area contributed by atoms with Crippen LogP contribution in [0.25, 0.3) is 0 Å². The average molecular weight is 207 g/mol. The minimum atomic E-state index is -0.133. The van der Waals surface area contributed by atoms with Crippen LogP contribution in [-0.4, -0.2) is 31.1 Å². The van der Waals surface area contributed by atoms with Crippen molar-refractivity contribution in [2.24, 2.45) is 5.73 Å². The van der Waals surface area contributed by atoms with Gasteiger partial charge in [-0.1, -0.05) is 12.1 Å². The molecule has 0 unspecified atom stereocenters. The van der Waals surface area contributed by atoms with Crippen molar-refractivity contribution in [1.82, 2.24) is 4.90 Å². The van der Waals surface area contributed by atoms with E-state index in [1.54, 1.807) is 11.9 Å². The van der Waals surface area contributed by atoms with Gasteiger partial charge in [-0.2, -0.15) is 0 Å². The number of likely N-dealkylation sites (N-methyl/N-ethyl adjacent to an activating group) is 1. The van der Waals surface area contributed by atoms with E-state index in [4.69, 9.17) is 5.73 Å². The van der Waals surface area contributed by atoms with E-state index in [1.165, 1.54) is 0 Å². The molecule has 2 amide bonds. The molecule has 1 rings (SSSR count).